The van der Waals surface area contributed by atoms with Crippen molar-refractivity contribution >= 4 is 9.24 Å². The van der Waals surface area contributed by atoms with Gasteiger partial charge in [-0.2, -0.15) is 0 Å². The standard InChI is InChI=1S/C11H23P/c12-11-9-7-5-3-1-2-4-6-8-10-11/h11H,1-10,12H2. The normalized spacial score (nSPS) is 24.8. The average Bonchev–Trinajstić information content (AvgIpc) is 2.11. The first-order valence-electron chi connectivity index (χ1n) is 5.65. The highest BCUT2D eigenvalue weighted by molar-refractivity contribution is 7.17. The third-order valence-electron chi connectivity index (χ3n) is 2.90. The molecule has 0 aliphatic heterocycles. The second-order valence-electron chi connectivity index (χ2n) is 4.17. The topological polar surface area (TPSA) is 0 Å². The van der Waals surface area contributed by atoms with E-state index in [-0.39, 0.29) is 0 Å². The van der Waals surface area contributed by atoms with E-state index in [9.17, 15) is 0 Å². The van der Waals surface area contributed by atoms with Gasteiger partial charge in [-0.15, -0.1) is 9.24 Å². The molecule has 12 heavy (non-hydrogen) atoms. The van der Waals surface area contributed by atoms with Gasteiger partial charge in [0, 0.05) is 0 Å². The molecule has 0 heterocycles. The molecule has 1 aliphatic rings. The van der Waals surface area contributed by atoms with E-state index in [4.69, 9.17) is 0 Å². The summed E-state index contributed by atoms with van der Waals surface area (Å²) in [4.78, 5) is 0. The summed E-state index contributed by atoms with van der Waals surface area (Å²) in [5.74, 6) is 0. The van der Waals surface area contributed by atoms with Gasteiger partial charge < -0.3 is 0 Å². The Balaban J connectivity index is 2.13. The van der Waals surface area contributed by atoms with E-state index in [1.165, 1.54) is 64.2 Å². The number of hydrogen-bond acceptors (Lipinski definition) is 0. The van der Waals surface area contributed by atoms with Gasteiger partial charge in [0.15, 0.2) is 0 Å². The number of rotatable bonds is 0. The Kier molecular flexibility index (Phi) is 6.04. The molecular formula is C11H23P. The SMILES string of the molecule is PC1CCCCCCCCCC1. The van der Waals surface area contributed by atoms with E-state index in [1.807, 2.05) is 0 Å². The highest BCUT2D eigenvalue weighted by Crippen LogP contribution is 2.21. The molecule has 0 aromatic rings. The molecule has 1 fully saturated rings. The van der Waals surface area contributed by atoms with Crippen molar-refractivity contribution in [1.82, 2.24) is 0 Å². The van der Waals surface area contributed by atoms with E-state index in [0.717, 1.165) is 5.66 Å². The third kappa shape index (κ3) is 5.14. The van der Waals surface area contributed by atoms with Crippen LogP contribution in [-0.4, -0.2) is 5.66 Å². The van der Waals surface area contributed by atoms with E-state index in [0.29, 0.717) is 0 Å². The monoisotopic (exact) mass is 186 g/mol. The van der Waals surface area contributed by atoms with Crippen molar-refractivity contribution in [2.24, 2.45) is 0 Å². The molecule has 0 radical (unpaired) electrons. The molecular weight excluding hydrogens is 163 g/mol. The van der Waals surface area contributed by atoms with Crippen LogP contribution in [0.5, 0.6) is 0 Å². The molecule has 0 amide bonds. The minimum absolute atomic E-state index is 0.920. The average molecular weight is 186 g/mol. The largest absolute Gasteiger partial charge is 0.134 e. The van der Waals surface area contributed by atoms with Crippen molar-refractivity contribution in [2.75, 3.05) is 0 Å². The Morgan fingerprint density at radius 2 is 0.917 bits per heavy atom. The fraction of sp³-hybridized carbons (Fsp3) is 1.00. The second kappa shape index (κ2) is 6.89. The molecule has 1 atom stereocenters. The maximum atomic E-state index is 3.02. The van der Waals surface area contributed by atoms with Crippen molar-refractivity contribution in [3.8, 4) is 0 Å². The molecule has 1 rings (SSSR count). The maximum Gasteiger partial charge on any atom is -0.0264 e. The summed E-state index contributed by atoms with van der Waals surface area (Å²) in [5.41, 5.74) is 0.920. The van der Waals surface area contributed by atoms with Crippen LogP contribution < -0.4 is 0 Å². The van der Waals surface area contributed by atoms with Gasteiger partial charge in [-0.05, 0) is 18.5 Å². The van der Waals surface area contributed by atoms with Gasteiger partial charge in [-0.1, -0.05) is 51.4 Å². The summed E-state index contributed by atoms with van der Waals surface area (Å²) < 4.78 is 0. The fourth-order valence-electron chi connectivity index (χ4n) is 2.02. The molecule has 1 heteroatoms. The molecule has 0 saturated heterocycles. The van der Waals surface area contributed by atoms with Gasteiger partial charge in [0.05, 0.1) is 0 Å². The zero-order chi connectivity index (χ0) is 8.65. The predicted molar refractivity (Wildman–Crippen MR) is 59.7 cm³/mol. The summed E-state index contributed by atoms with van der Waals surface area (Å²) in [6, 6.07) is 0. The third-order valence-corrected chi connectivity index (χ3v) is 3.57. The van der Waals surface area contributed by atoms with Crippen LogP contribution in [0.25, 0.3) is 0 Å². The molecule has 1 saturated carbocycles. The molecule has 72 valence electrons. The smallest absolute Gasteiger partial charge is 0.0264 e. The first kappa shape index (κ1) is 10.5. The number of hydrogen-bond donors (Lipinski definition) is 0. The first-order chi connectivity index (χ1) is 5.89. The highest BCUT2D eigenvalue weighted by Gasteiger charge is 2.03. The van der Waals surface area contributed by atoms with Crippen LogP contribution in [0, 0.1) is 0 Å². The van der Waals surface area contributed by atoms with Crippen molar-refractivity contribution in [3.05, 3.63) is 0 Å². The lowest BCUT2D eigenvalue weighted by Gasteiger charge is -2.08. The van der Waals surface area contributed by atoms with E-state index >= 15 is 0 Å². The van der Waals surface area contributed by atoms with Crippen molar-refractivity contribution in [1.29, 1.82) is 0 Å². The Bertz CT molecular complexity index is 89.2. The molecule has 0 aromatic heterocycles. The highest BCUT2D eigenvalue weighted by atomic mass is 31.0. The Hall–Kier alpha value is 0.430. The quantitative estimate of drug-likeness (QED) is 0.499. The molecule has 1 aliphatic carbocycles. The molecule has 0 aromatic carbocycles. The van der Waals surface area contributed by atoms with Crippen LogP contribution in [0.1, 0.15) is 64.2 Å². The lowest BCUT2D eigenvalue weighted by Crippen LogP contribution is -1.96. The predicted octanol–water partition coefficient (Wildman–Crippen LogP) is 4.14. The summed E-state index contributed by atoms with van der Waals surface area (Å²) >= 11 is 0. The van der Waals surface area contributed by atoms with Crippen molar-refractivity contribution in [3.63, 3.8) is 0 Å². The van der Waals surface area contributed by atoms with Crippen LogP contribution >= 0.6 is 9.24 Å². The van der Waals surface area contributed by atoms with Gasteiger partial charge in [-0.3, -0.25) is 0 Å². The molecule has 0 bridgehead atoms. The van der Waals surface area contributed by atoms with E-state index < -0.39 is 0 Å². The van der Waals surface area contributed by atoms with Gasteiger partial charge in [-0.25, -0.2) is 0 Å². The summed E-state index contributed by atoms with van der Waals surface area (Å²) in [6.45, 7) is 0. The zero-order valence-corrected chi connectivity index (χ0v) is 9.38. The molecule has 0 nitrogen and oxygen atoms in total. The molecule has 1 unspecified atom stereocenters. The summed E-state index contributed by atoms with van der Waals surface area (Å²) in [5, 5.41) is 0. The van der Waals surface area contributed by atoms with Crippen LogP contribution in [0.15, 0.2) is 0 Å². The van der Waals surface area contributed by atoms with Crippen LogP contribution in [-0.2, 0) is 0 Å². The van der Waals surface area contributed by atoms with Crippen LogP contribution in [0.4, 0.5) is 0 Å². The Morgan fingerprint density at radius 3 is 1.33 bits per heavy atom. The van der Waals surface area contributed by atoms with Gasteiger partial charge >= 0.3 is 0 Å². The van der Waals surface area contributed by atoms with Crippen molar-refractivity contribution in [2.45, 2.75) is 69.9 Å². The zero-order valence-electron chi connectivity index (χ0n) is 8.23. The Labute approximate surface area is 79.7 Å². The van der Waals surface area contributed by atoms with Crippen LogP contribution in [0.2, 0.25) is 0 Å². The van der Waals surface area contributed by atoms with Gasteiger partial charge in [0.25, 0.3) is 0 Å². The minimum Gasteiger partial charge on any atom is -0.134 e. The van der Waals surface area contributed by atoms with Gasteiger partial charge in [0.1, 0.15) is 0 Å². The van der Waals surface area contributed by atoms with E-state index in [1.54, 1.807) is 0 Å². The molecule has 0 spiro atoms. The van der Waals surface area contributed by atoms with Gasteiger partial charge in [0.2, 0.25) is 0 Å². The lowest BCUT2D eigenvalue weighted by atomic mass is 10.1. The maximum absolute atomic E-state index is 3.02. The fourth-order valence-corrected chi connectivity index (χ4v) is 2.49. The minimum atomic E-state index is 0.920. The summed E-state index contributed by atoms with van der Waals surface area (Å²) in [6.07, 6.45) is 14.7. The molecule has 0 N–H and O–H groups in total. The second-order valence-corrected chi connectivity index (χ2v) is 5.11. The first-order valence-corrected chi connectivity index (χ1v) is 6.32. The van der Waals surface area contributed by atoms with Crippen LogP contribution in [0.3, 0.4) is 0 Å². The van der Waals surface area contributed by atoms with E-state index in [2.05, 4.69) is 9.24 Å². The Morgan fingerprint density at radius 1 is 0.583 bits per heavy atom. The summed E-state index contributed by atoms with van der Waals surface area (Å²) in [7, 11) is 3.02. The lowest BCUT2D eigenvalue weighted by molar-refractivity contribution is 0.585. The van der Waals surface area contributed by atoms with Crippen molar-refractivity contribution < 1.29 is 0 Å².